The van der Waals surface area contributed by atoms with Gasteiger partial charge in [0, 0.05) is 3.57 Å². The summed E-state index contributed by atoms with van der Waals surface area (Å²) in [4.78, 5) is 18.1. The summed E-state index contributed by atoms with van der Waals surface area (Å²) in [6.07, 6.45) is 3.88. The first-order chi connectivity index (χ1) is 13.1. The summed E-state index contributed by atoms with van der Waals surface area (Å²) in [7, 11) is 0. The summed E-state index contributed by atoms with van der Waals surface area (Å²) < 4.78 is 2.70. The Hall–Kier alpha value is -2.73. The molecule has 0 aliphatic heterocycles. The van der Waals surface area contributed by atoms with Gasteiger partial charge in [0.2, 0.25) is 0 Å². The zero-order valence-corrected chi connectivity index (χ0v) is 16.9. The van der Waals surface area contributed by atoms with Gasteiger partial charge in [-0.2, -0.15) is 0 Å². The van der Waals surface area contributed by atoms with Crippen molar-refractivity contribution >= 4 is 45.6 Å². The number of halogens is 1. The third-order valence-corrected chi connectivity index (χ3v) is 5.01. The minimum absolute atomic E-state index is 0.0585. The Kier molecular flexibility index (Phi) is 4.90. The smallest absolute Gasteiger partial charge is 0.266 e. The Labute approximate surface area is 171 Å². The number of aromatic nitrogens is 2. The number of rotatable bonds is 3. The molecular formula is C23H17IN2O. The fourth-order valence-electron chi connectivity index (χ4n) is 3.04. The molecule has 1 heterocycles. The van der Waals surface area contributed by atoms with Crippen LogP contribution >= 0.6 is 22.6 Å². The van der Waals surface area contributed by atoms with Crippen LogP contribution in [0.5, 0.6) is 0 Å². The molecular weight excluding hydrogens is 447 g/mol. The highest BCUT2D eigenvalue weighted by molar-refractivity contribution is 14.1. The summed E-state index contributed by atoms with van der Waals surface area (Å²) in [5, 5.41) is 0.625. The Morgan fingerprint density at radius 2 is 1.74 bits per heavy atom. The first-order valence-corrected chi connectivity index (χ1v) is 9.72. The van der Waals surface area contributed by atoms with E-state index in [0.29, 0.717) is 16.7 Å². The normalized spacial score (nSPS) is 11.3. The number of hydrogen-bond acceptors (Lipinski definition) is 2. The maximum atomic E-state index is 13.3. The number of hydrogen-bond donors (Lipinski definition) is 0. The lowest BCUT2D eigenvalue weighted by Gasteiger charge is -2.12. The zero-order chi connectivity index (χ0) is 18.8. The largest absolute Gasteiger partial charge is 0.268 e. The van der Waals surface area contributed by atoms with Gasteiger partial charge in [-0.15, -0.1) is 0 Å². The van der Waals surface area contributed by atoms with E-state index in [1.807, 2.05) is 91.9 Å². The van der Waals surface area contributed by atoms with Crippen LogP contribution in [0.15, 0.2) is 77.6 Å². The Morgan fingerprint density at radius 3 is 2.52 bits per heavy atom. The van der Waals surface area contributed by atoms with E-state index in [9.17, 15) is 4.79 Å². The highest BCUT2D eigenvalue weighted by Gasteiger charge is 2.11. The van der Waals surface area contributed by atoms with Gasteiger partial charge in [-0.1, -0.05) is 48.5 Å². The van der Waals surface area contributed by atoms with Crippen LogP contribution in [-0.4, -0.2) is 9.55 Å². The average molecular weight is 464 g/mol. The molecule has 4 heteroatoms. The van der Waals surface area contributed by atoms with Gasteiger partial charge in [0.05, 0.1) is 16.6 Å². The van der Waals surface area contributed by atoms with Crippen LogP contribution in [0.2, 0.25) is 0 Å². The molecule has 3 aromatic carbocycles. The maximum Gasteiger partial charge on any atom is 0.266 e. The highest BCUT2D eigenvalue weighted by atomic mass is 127. The van der Waals surface area contributed by atoms with E-state index in [2.05, 4.69) is 22.6 Å². The number of fused-ring (bicyclic) bond motifs is 1. The molecule has 4 rings (SSSR count). The van der Waals surface area contributed by atoms with Gasteiger partial charge in [-0.3, -0.25) is 9.36 Å². The van der Waals surface area contributed by atoms with E-state index in [1.165, 1.54) is 0 Å². The van der Waals surface area contributed by atoms with E-state index >= 15 is 0 Å². The van der Waals surface area contributed by atoms with Gasteiger partial charge in [0.15, 0.2) is 0 Å². The van der Waals surface area contributed by atoms with Gasteiger partial charge < -0.3 is 0 Å². The standard InChI is InChI=1S/C23H17IN2O/c1-16-6-5-9-19(14-16)26-22(13-10-17-7-3-2-4-8-17)25-21-12-11-18(24)15-20(21)23(26)27/h2-15H,1H3. The third-order valence-electron chi connectivity index (χ3n) is 4.34. The van der Waals surface area contributed by atoms with Gasteiger partial charge in [0.1, 0.15) is 5.82 Å². The van der Waals surface area contributed by atoms with Crippen LogP contribution in [0.3, 0.4) is 0 Å². The van der Waals surface area contributed by atoms with Gasteiger partial charge in [-0.05, 0) is 77.0 Å². The van der Waals surface area contributed by atoms with Gasteiger partial charge in [0.25, 0.3) is 5.56 Å². The molecule has 0 bridgehead atoms. The molecule has 3 nitrogen and oxygen atoms in total. The molecule has 0 radical (unpaired) electrons. The second-order valence-electron chi connectivity index (χ2n) is 6.36. The lowest BCUT2D eigenvalue weighted by atomic mass is 10.2. The van der Waals surface area contributed by atoms with Crippen molar-refractivity contribution in [1.29, 1.82) is 0 Å². The Bertz CT molecular complexity index is 1210. The van der Waals surface area contributed by atoms with E-state index < -0.39 is 0 Å². The lowest BCUT2D eigenvalue weighted by molar-refractivity contribution is 0.942. The van der Waals surface area contributed by atoms with Crippen molar-refractivity contribution in [3.05, 3.63) is 104 Å². The summed E-state index contributed by atoms with van der Waals surface area (Å²) in [5.74, 6) is 0.614. The summed E-state index contributed by atoms with van der Waals surface area (Å²) in [6, 6.07) is 23.7. The van der Waals surface area contributed by atoms with Crippen molar-refractivity contribution in [3.63, 3.8) is 0 Å². The average Bonchev–Trinajstić information content (AvgIpc) is 2.68. The summed E-state index contributed by atoms with van der Waals surface area (Å²) in [5.41, 5.74) is 3.63. The molecule has 0 saturated heterocycles. The van der Waals surface area contributed by atoms with Crippen LogP contribution in [0.1, 0.15) is 17.0 Å². The first kappa shape index (κ1) is 17.7. The lowest BCUT2D eigenvalue weighted by Crippen LogP contribution is -2.22. The molecule has 0 spiro atoms. The number of aryl methyl sites for hydroxylation is 1. The number of benzene rings is 3. The minimum Gasteiger partial charge on any atom is -0.268 e. The van der Waals surface area contributed by atoms with Crippen LogP contribution < -0.4 is 5.56 Å². The molecule has 0 fully saturated rings. The highest BCUT2D eigenvalue weighted by Crippen LogP contribution is 2.18. The Morgan fingerprint density at radius 1 is 0.926 bits per heavy atom. The van der Waals surface area contributed by atoms with Crippen LogP contribution in [-0.2, 0) is 0 Å². The van der Waals surface area contributed by atoms with Crippen LogP contribution in [0, 0.1) is 10.5 Å². The molecule has 0 unspecified atom stereocenters. The molecule has 0 aliphatic carbocycles. The predicted octanol–water partition coefficient (Wildman–Crippen LogP) is 5.47. The van der Waals surface area contributed by atoms with Crippen LogP contribution in [0.4, 0.5) is 0 Å². The molecule has 0 saturated carbocycles. The first-order valence-electron chi connectivity index (χ1n) is 8.64. The maximum absolute atomic E-state index is 13.3. The fraction of sp³-hybridized carbons (Fsp3) is 0.0435. The molecule has 0 N–H and O–H groups in total. The monoisotopic (exact) mass is 464 g/mol. The van der Waals surface area contributed by atoms with Crippen molar-refractivity contribution in [2.45, 2.75) is 6.92 Å². The van der Waals surface area contributed by atoms with E-state index in [0.717, 1.165) is 20.4 Å². The second-order valence-corrected chi connectivity index (χ2v) is 7.60. The second kappa shape index (κ2) is 7.48. The third kappa shape index (κ3) is 3.71. The molecule has 4 aromatic rings. The molecule has 0 atom stereocenters. The van der Waals surface area contributed by atoms with Crippen molar-refractivity contribution < 1.29 is 0 Å². The SMILES string of the molecule is Cc1cccc(-n2c(C=Cc3ccccc3)nc3ccc(I)cc3c2=O)c1. The summed E-state index contributed by atoms with van der Waals surface area (Å²) in [6.45, 7) is 2.02. The molecule has 0 amide bonds. The van der Waals surface area contributed by atoms with Crippen LogP contribution in [0.25, 0.3) is 28.7 Å². The van der Waals surface area contributed by atoms with Crippen molar-refractivity contribution in [2.75, 3.05) is 0 Å². The van der Waals surface area contributed by atoms with E-state index in [4.69, 9.17) is 4.98 Å². The summed E-state index contributed by atoms with van der Waals surface area (Å²) >= 11 is 2.22. The van der Waals surface area contributed by atoms with Crippen molar-refractivity contribution in [1.82, 2.24) is 9.55 Å². The predicted molar refractivity (Wildman–Crippen MR) is 120 cm³/mol. The Balaban J connectivity index is 1.98. The topological polar surface area (TPSA) is 34.9 Å². The van der Waals surface area contributed by atoms with Crippen molar-refractivity contribution in [3.8, 4) is 5.69 Å². The quantitative estimate of drug-likeness (QED) is 0.377. The van der Waals surface area contributed by atoms with Gasteiger partial charge >= 0.3 is 0 Å². The fourth-order valence-corrected chi connectivity index (χ4v) is 3.53. The van der Waals surface area contributed by atoms with E-state index in [-0.39, 0.29) is 5.56 Å². The molecule has 27 heavy (non-hydrogen) atoms. The molecule has 132 valence electrons. The van der Waals surface area contributed by atoms with Crippen molar-refractivity contribution in [2.24, 2.45) is 0 Å². The molecule has 0 aliphatic rings. The van der Waals surface area contributed by atoms with E-state index in [1.54, 1.807) is 4.57 Å². The van der Waals surface area contributed by atoms with Gasteiger partial charge in [-0.25, -0.2) is 4.98 Å². The number of nitrogens with zero attached hydrogens (tertiary/aromatic N) is 2. The zero-order valence-electron chi connectivity index (χ0n) is 14.8. The molecule has 1 aromatic heterocycles. The minimum atomic E-state index is -0.0585.